The summed E-state index contributed by atoms with van der Waals surface area (Å²) in [5, 5.41) is 8.53. The maximum Gasteiger partial charge on any atom is 0.406 e. The number of carbonyl (C=O) groups excluding carboxylic acids is 1. The predicted octanol–water partition coefficient (Wildman–Crippen LogP) is 1.06. The molecule has 0 aliphatic heterocycles. The van der Waals surface area contributed by atoms with E-state index >= 15 is 0 Å². The molecule has 19 heavy (non-hydrogen) atoms. The molecule has 0 saturated heterocycles. The second kappa shape index (κ2) is 6.20. The minimum atomic E-state index is -4.45. The molecule has 0 atom stereocenters. The molecular formula is C12H11F3N2O2. The summed E-state index contributed by atoms with van der Waals surface area (Å²) in [6.07, 6.45) is -1.94. The van der Waals surface area contributed by atoms with Crippen LogP contribution in [0.25, 0.3) is 0 Å². The van der Waals surface area contributed by atoms with E-state index in [0.717, 1.165) is 7.05 Å². The molecule has 4 nitrogen and oxygen atoms in total. The van der Waals surface area contributed by atoms with Crippen molar-refractivity contribution in [1.29, 1.82) is 0 Å². The van der Waals surface area contributed by atoms with Gasteiger partial charge in [0.25, 0.3) is 5.91 Å². The highest BCUT2D eigenvalue weighted by atomic mass is 19.4. The lowest BCUT2D eigenvalue weighted by atomic mass is 10.2. The molecule has 1 heterocycles. The van der Waals surface area contributed by atoms with Crippen molar-refractivity contribution in [3.63, 3.8) is 0 Å². The Kier molecular flexibility index (Phi) is 4.89. The van der Waals surface area contributed by atoms with E-state index in [4.69, 9.17) is 5.11 Å². The van der Waals surface area contributed by atoms with Crippen molar-refractivity contribution < 1.29 is 23.1 Å². The molecule has 0 saturated carbocycles. The lowest BCUT2D eigenvalue weighted by Crippen LogP contribution is -2.35. The van der Waals surface area contributed by atoms with Gasteiger partial charge in [-0.05, 0) is 6.07 Å². The van der Waals surface area contributed by atoms with Gasteiger partial charge in [-0.15, -0.1) is 0 Å². The van der Waals surface area contributed by atoms with Crippen molar-refractivity contribution >= 4 is 5.91 Å². The molecule has 0 aromatic carbocycles. The first kappa shape index (κ1) is 15.0. The number of hydrogen-bond acceptors (Lipinski definition) is 3. The first-order valence-corrected chi connectivity index (χ1v) is 5.20. The Bertz CT molecular complexity index is 518. The SMILES string of the molecule is CN(CC(F)(F)F)C(=O)c1cncc(C#CCO)c1. The Morgan fingerprint density at radius 2 is 2.16 bits per heavy atom. The third kappa shape index (κ3) is 4.97. The van der Waals surface area contributed by atoms with Crippen LogP contribution < -0.4 is 0 Å². The van der Waals surface area contributed by atoms with Gasteiger partial charge < -0.3 is 10.0 Å². The van der Waals surface area contributed by atoms with E-state index in [2.05, 4.69) is 16.8 Å². The summed E-state index contributed by atoms with van der Waals surface area (Å²) in [5.74, 6) is 4.09. The average molecular weight is 272 g/mol. The normalized spacial score (nSPS) is 10.6. The minimum absolute atomic E-state index is 0.0106. The molecule has 0 fully saturated rings. The number of hydrogen-bond donors (Lipinski definition) is 1. The smallest absolute Gasteiger partial charge is 0.384 e. The van der Waals surface area contributed by atoms with Crippen LogP contribution in [0.4, 0.5) is 13.2 Å². The number of aliphatic hydroxyl groups is 1. The van der Waals surface area contributed by atoms with Crippen LogP contribution in [0.5, 0.6) is 0 Å². The summed E-state index contributed by atoms with van der Waals surface area (Å²) in [6, 6.07) is 1.32. The highest BCUT2D eigenvalue weighted by molar-refractivity contribution is 5.94. The van der Waals surface area contributed by atoms with Crippen molar-refractivity contribution in [3.8, 4) is 11.8 Å². The van der Waals surface area contributed by atoms with Crippen molar-refractivity contribution in [1.82, 2.24) is 9.88 Å². The maximum atomic E-state index is 12.2. The van der Waals surface area contributed by atoms with Crippen molar-refractivity contribution in [2.45, 2.75) is 6.18 Å². The van der Waals surface area contributed by atoms with Gasteiger partial charge in [0.2, 0.25) is 0 Å². The van der Waals surface area contributed by atoms with Crippen LogP contribution in [0.2, 0.25) is 0 Å². The highest BCUT2D eigenvalue weighted by Gasteiger charge is 2.31. The van der Waals surface area contributed by atoms with Crippen LogP contribution >= 0.6 is 0 Å². The molecule has 1 aromatic rings. The van der Waals surface area contributed by atoms with Gasteiger partial charge in [0.1, 0.15) is 13.2 Å². The zero-order chi connectivity index (χ0) is 14.5. The number of pyridine rings is 1. The Labute approximate surface area is 107 Å². The van der Waals surface area contributed by atoms with E-state index in [0.29, 0.717) is 10.5 Å². The molecule has 1 amide bonds. The Morgan fingerprint density at radius 1 is 1.47 bits per heavy atom. The molecule has 102 valence electrons. The van der Waals surface area contributed by atoms with Gasteiger partial charge in [-0.1, -0.05) is 11.8 Å². The van der Waals surface area contributed by atoms with Gasteiger partial charge >= 0.3 is 6.18 Å². The summed E-state index contributed by atoms with van der Waals surface area (Å²) in [4.78, 5) is 16.0. The molecule has 0 aliphatic carbocycles. The van der Waals surface area contributed by atoms with Crippen molar-refractivity contribution in [2.24, 2.45) is 0 Å². The molecular weight excluding hydrogens is 261 g/mol. The minimum Gasteiger partial charge on any atom is -0.384 e. The summed E-state index contributed by atoms with van der Waals surface area (Å²) in [6.45, 7) is -1.69. The largest absolute Gasteiger partial charge is 0.406 e. The van der Waals surface area contributed by atoms with Gasteiger partial charge in [0, 0.05) is 25.0 Å². The summed E-state index contributed by atoms with van der Waals surface area (Å²) in [5.41, 5.74) is 0.358. The van der Waals surface area contributed by atoms with Gasteiger partial charge in [-0.25, -0.2) is 0 Å². The van der Waals surface area contributed by atoms with Gasteiger partial charge in [0.15, 0.2) is 0 Å². The van der Waals surface area contributed by atoms with Crippen molar-refractivity contribution in [3.05, 3.63) is 29.6 Å². The Balaban J connectivity index is 2.88. The number of rotatable bonds is 2. The highest BCUT2D eigenvalue weighted by Crippen LogP contribution is 2.17. The van der Waals surface area contributed by atoms with Gasteiger partial charge in [-0.3, -0.25) is 9.78 Å². The molecule has 0 spiro atoms. The number of amides is 1. The third-order valence-electron chi connectivity index (χ3n) is 2.06. The second-order valence-corrected chi connectivity index (χ2v) is 3.70. The number of alkyl halides is 3. The average Bonchev–Trinajstić information content (AvgIpc) is 2.33. The van der Waals surface area contributed by atoms with Gasteiger partial charge in [-0.2, -0.15) is 13.2 Å². The first-order valence-electron chi connectivity index (χ1n) is 5.20. The molecule has 1 rings (SSSR count). The topological polar surface area (TPSA) is 53.4 Å². The Hall–Kier alpha value is -2.07. The van der Waals surface area contributed by atoms with E-state index in [1.165, 1.54) is 18.5 Å². The quantitative estimate of drug-likeness (QED) is 0.819. The fourth-order valence-electron chi connectivity index (χ4n) is 1.33. The summed E-state index contributed by atoms with van der Waals surface area (Å²) >= 11 is 0. The Morgan fingerprint density at radius 3 is 2.74 bits per heavy atom. The first-order chi connectivity index (χ1) is 8.83. The maximum absolute atomic E-state index is 12.2. The summed E-state index contributed by atoms with van der Waals surface area (Å²) < 4.78 is 36.5. The monoisotopic (exact) mass is 272 g/mol. The molecule has 0 radical (unpaired) electrons. The zero-order valence-corrected chi connectivity index (χ0v) is 10.0. The van der Waals surface area contributed by atoms with E-state index in [9.17, 15) is 18.0 Å². The number of nitrogens with zero attached hydrogens (tertiary/aromatic N) is 2. The molecule has 1 N–H and O–H groups in total. The summed E-state index contributed by atoms with van der Waals surface area (Å²) in [7, 11) is 1.06. The van der Waals surface area contributed by atoms with Crippen LogP contribution in [-0.2, 0) is 0 Å². The molecule has 0 unspecified atom stereocenters. The lowest BCUT2D eigenvalue weighted by molar-refractivity contribution is -0.138. The predicted molar refractivity (Wildman–Crippen MR) is 61.2 cm³/mol. The van der Waals surface area contributed by atoms with Crippen LogP contribution in [0.15, 0.2) is 18.5 Å². The standard InChI is InChI=1S/C12H11F3N2O2/c1-17(8-12(13,14)15)11(19)10-5-9(3-2-4-18)6-16-7-10/h5-7,18H,4,8H2,1H3. The second-order valence-electron chi connectivity index (χ2n) is 3.70. The van der Waals surface area contributed by atoms with E-state index in [-0.39, 0.29) is 12.2 Å². The third-order valence-corrected chi connectivity index (χ3v) is 2.06. The van der Waals surface area contributed by atoms with E-state index < -0.39 is 18.6 Å². The van der Waals surface area contributed by atoms with E-state index in [1.807, 2.05) is 0 Å². The molecule has 0 aliphatic rings. The number of carbonyl (C=O) groups is 1. The van der Waals surface area contributed by atoms with E-state index in [1.54, 1.807) is 0 Å². The van der Waals surface area contributed by atoms with Gasteiger partial charge in [0.05, 0.1) is 5.56 Å². The zero-order valence-electron chi connectivity index (χ0n) is 10.0. The molecule has 7 heteroatoms. The molecule has 1 aromatic heterocycles. The number of halogens is 3. The van der Waals surface area contributed by atoms with Crippen molar-refractivity contribution in [2.75, 3.05) is 20.2 Å². The van der Waals surface area contributed by atoms with Crippen LogP contribution in [0.3, 0.4) is 0 Å². The number of aliphatic hydroxyl groups excluding tert-OH is 1. The fourth-order valence-corrected chi connectivity index (χ4v) is 1.33. The fraction of sp³-hybridized carbons (Fsp3) is 0.333. The van der Waals surface area contributed by atoms with Crippen LogP contribution in [0, 0.1) is 11.8 Å². The lowest BCUT2D eigenvalue weighted by Gasteiger charge is -2.18. The molecule has 0 bridgehead atoms. The van der Waals surface area contributed by atoms with Crippen LogP contribution in [-0.4, -0.2) is 47.3 Å². The number of aromatic nitrogens is 1. The van der Waals surface area contributed by atoms with Crippen LogP contribution in [0.1, 0.15) is 15.9 Å².